The highest BCUT2D eigenvalue weighted by atomic mass is 16.3. The Hall–Kier alpha value is -2.94. The van der Waals surface area contributed by atoms with Crippen molar-refractivity contribution in [2.75, 3.05) is 18.0 Å². The highest BCUT2D eigenvalue weighted by Gasteiger charge is 2.22. The van der Waals surface area contributed by atoms with Gasteiger partial charge in [0.1, 0.15) is 17.4 Å². The van der Waals surface area contributed by atoms with Gasteiger partial charge in [-0.25, -0.2) is 9.97 Å². The van der Waals surface area contributed by atoms with E-state index in [4.69, 9.17) is 0 Å². The van der Waals surface area contributed by atoms with E-state index in [1.807, 2.05) is 26.0 Å². The van der Waals surface area contributed by atoms with E-state index in [1.54, 1.807) is 6.07 Å². The fourth-order valence-corrected chi connectivity index (χ4v) is 3.30. The van der Waals surface area contributed by atoms with Crippen molar-refractivity contribution in [2.45, 2.75) is 33.5 Å². The lowest BCUT2D eigenvalue weighted by molar-refractivity contribution is 0.261. The Morgan fingerprint density at radius 1 is 1.00 bits per heavy atom. The highest BCUT2D eigenvalue weighted by molar-refractivity contribution is 5.57. The van der Waals surface area contributed by atoms with Gasteiger partial charge < -0.3 is 10.0 Å². The molecule has 0 fully saturated rings. The molecule has 0 spiro atoms. The Kier molecular flexibility index (Phi) is 4.29. The lowest BCUT2D eigenvalue weighted by atomic mass is 10.1. The first-order valence-corrected chi connectivity index (χ1v) is 8.62. The summed E-state index contributed by atoms with van der Waals surface area (Å²) in [5.41, 5.74) is 2.17. The van der Waals surface area contributed by atoms with Gasteiger partial charge in [-0.05, 0) is 37.6 Å². The zero-order valence-electron chi connectivity index (χ0n) is 14.9. The number of phenols is 1. The normalized spacial score (nSPS) is 15.1. The van der Waals surface area contributed by atoms with Gasteiger partial charge in [0.2, 0.25) is 0 Å². The number of aryl methyl sites for hydroxylation is 2. The Morgan fingerprint density at radius 2 is 1.69 bits per heavy atom. The maximum atomic E-state index is 9.94. The molecule has 4 rings (SSSR count). The summed E-state index contributed by atoms with van der Waals surface area (Å²) in [6.07, 6.45) is 0. The monoisotopic (exact) mass is 354 g/mol. The number of nitrogens with one attached hydrogen (secondary N) is 2. The van der Waals surface area contributed by atoms with Crippen LogP contribution in [0.25, 0.3) is 0 Å². The number of aromatic hydroxyl groups is 1. The molecule has 1 aliphatic heterocycles. The minimum Gasteiger partial charge on any atom is -0.508 e. The summed E-state index contributed by atoms with van der Waals surface area (Å²) in [7, 11) is 0. The number of fused-ring (bicyclic) bond motifs is 1. The molecule has 3 N–H and O–H groups in total. The summed E-state index contributed by atoms with van der Waals surface area (Å²) < 4.78 is 0. The van der Waals surface area contributed by atoms with Crippen LogP contribution in [0.3, 0.4) is 0 Å². The third-order valence-electron chi connectivity index (χ3n) is 4.47. The van der Waals surface area contributed by atoms with E-state index >= 15 is 0 Å². The van der Waals surface area contributed by atoms with Crippen LogP contribution in [0.2, 0.25) is 0 Å². The van der Waals surface area contributed by atoms with Crippen molar-refractivity contribution in [3.8, 4) is 5.75 Å². The third-order valence-corrected chi connectivity index (χ3v) is 4.47. The van der Waals surface area contributed by atoms with E-state index in [2.05, 4.69) is 40.2 Å². The summed E-state index contributed by atoms with van der Waals surface area (Å²) in [5.74, 6) is 3.44. The Bertz CT molecular complexity index is 902. The molecule has 9 heteroatoms. The molecule has 136 valence electrons. The van der Waals surface area contributed by atoms with Crippen molar-refractivity contribution < 1.29 is 5.11 Å². The van der Waals surface area contributed by atoms with Gasteiger partial charge in [-0.3, -0.25) is 15.1 Å². The largest absolute Gasteiger partial charge is 0.508 e. The number of phenolic OH excluding ortho intramolecular Hbond substituents is 1. The van der Waals surface area contributed by atoms with E-state index in [1.165, 1.54) is 0 Å². The fourth-order valence-electron chi connectivity index (χ4n) is 3.30. The Labute approximate surface area is 151 Å². The standard InChI is InChI=1S/C17H22N8O/c1-11-18-16(22-20-11)9-24-5-6-25(10-17-19-12(2)21-23-17)15-4-3-14(26)7-13(15)8-24/h3-4,7,26H,5-6,8-10H2,1-2H3,(H,18,20,22)(H,19,21,23). The van der Waals surface area contributed by atoms with Gasteiger partial charge >= 0.3 is 0 Å². The summed E-state index contributed by atoms with van der Waals surface area (Å²) >= 11 is 0. The second-order valence-electron chi connectivity index (χ2n) is 6.62. The van der Waals surface area contributed by atoms with E-state index in [9.17, 15) is 5.11 Å². The van der Waals surface area contributed by atoms with Crippen molar-refractivity contribution >= 4 is 5.69 Å². The van der Waals surface area contributed by atoms with E-state index in [0.29, 0.717) is 13.1 Å². The molecule has 0 radical (unpaired) electrons. The summed E-state index contributed by atoms with van der Waals surface area (Å²) in [6, 6.07) is 5.51. The molecule has 0 saturated heterocycles. The van der Waals surface area contributed by atoms with Crippen molar-refractivity contribution in [1.29, 1.82) is 0 Å². The predicted molar refractivity (Wildman–Crippen MR) is 95.5 cm³/mol. The second-order valence-corrected chi connectivity index (χ2v) is 6.62. The van der Waals surface area contributed by atoms with E-state index in [-0.39, 0.29) is 5.75 Å². The van der Waals surface area contributed by atoms with E-state index < -0.39 is 0 Å². The molecule has 0 bridgehead atoms. The number of hydrogen-bond donors (Lipinski definition) is 3. The van der Waals surface area contributed by atoms with Crippen LogP contribution in [-0.2, 0) is 19.6 Å². The van der Waals surface area contributed by atoms with Crippen molar-refractivity contribution in [1.82, 2.24) is 35.3 Å². The van der Waals surface area contributed by atoms with E-state index in [0.717, 1.165) is 54.2 Å². The molecule has 1 aromatic carbocycles. The van der Waals surface area contributed by atoms with Crippen LogP contribution < -0.4 is 4.90 Å². The second kappa shape index (κ2) is 6.75. The molecule has 0 unspecified atom stereocenters. The van der Waals surface area contributed by atoms with Crippen LogP contribution in [0.1, 0.15) is 28.9 Å². The van der Waals surface area contributed by atoms with Crippen molar-refractivity contribution in [3.05, 3.63) is 47.1 Å². The molecule has 1 aliphatic rings. The van der Waals surface area contributed by atoms with Gasteiger partial charge in [-0.2, -0.15) is 10.2 Å². The lowest BCUT2D eigenvalue weighted by Crippen LogP contribution is -2.31. The smallest absolute Gasteiger partial charge is 0.169 e. The lowest BCUT2D eigenvalue weighted by Gasteiger charge is -2.23. The number of H-pyrrole nitrogens is 2. The van der Waals surface area contributed by atoms with Crippen molar-refractivity contribution in [2.24, 2.45) is 0 Å². The summed E-state index contributed by atoms with van der Waals surface area (Å²) in [5, 5.41) is 24.2. The first-order chi connectivity index (χ1) is 12.6. The number of hydrogen-bond acceptors (Lipinski definition) is 7. The molecule has 0 saturated carbocycles. The summed E-state index contributed by atoms with van der Waals surface area (Å²) in [6.45, 7) is 7.48. The maximum Gasteiger partial charge on any atom is 0.169 e. The minimum absolute atomic E-state index is 0.271. The molecule has 0 atom stereocenters. The molecule has 3 heterocycles. The molecular weight excluding hydrogens is 332 g/mol. The van der Waals surface area contributed by atoms with Gasteiger partial charge in [-0.1, -0.05) is 0 Å². The zero-order chi connectivity index (χ0) is 18.1. The SMILES string of the molecule is Cc1nc(CN2CCN(Cc3n[nH]c(C)n3)c3ccc(O)cc3C2)n[nH]1. The zero-order valence-corrected chi connectivity index (χ0v) is 14.9. The van der Waals surface area contributed by atoms with Gasteiger partial charge in [0, 0.05) is 25.3 Å². The first kappa shape index (κ1) is 16.5. The average Bonchev–Trinajstić information content (AvgIpc) is 3.15. The number of benzene rings is 1. The number of nitrogens with zero attached hydrogens (tertiary/aromatic N) is 6. The van der Waals surface area contributed by atoms with Gasteiger partial charge in [0.15, 0.2) is 11.6 Å². The molecular formula is C17H22N8O. The van der Waals surface area contributed by atoms with Gasteiger partial charge in [-0.15, -0.1) is 0 Å². The topological polar surface area (TPSA) is 110 Å². The Morgan fingerprint density at radius 3 is 2.35 bits per heavy atom. The van der Waals surface area contributed by atoms with Crippen LogP contribution in [-0.4, -0.2) is 53.5 Å². The molecule has 2 aromatic heterocycles. The quantitative estimate of drug-likeness (QED) is 0.647. The predicted octanol–water partition coefficient (Wildman–Crippen LogP) is 1.27. The number of aromatic nitrogens is 6. The molecule has 26 heavy (non-hydrogen) atoms. The molecule has 9 nitrogen and oxygen atoms in total. The first-order valence-electron chi connectivity index (χ1n) is 8.62. The minimum atomic E-state index is 0.271. The number of aromatic amines is 2. The average molecular weight is 354 g/mol. The third kappa shape index (κ3) is 3.52. The number of rotatable bonds is 4. The number of anilines is 1. The van der Waals surface area contributed by atoms with Gasteiger partial charge in [0.25, 0.3) is 0 Å². The van der Waals surface area contributed by atoms with Crippen LogP contribution >= 0.6 is 0 Å². The van der Waals surface area contributed by atoms with Crippen LogP contribution in [0.15, 0.2) is 18.2 Å². The van der Waals surface area contributed by atoms with Crippen molar-refractivity contribution in [3.63, 3.8) is 0 Å². The van der Waals surface area contributed by atoms with Crippen LogP contribution in [0.4, 0.5) is 5.69 Å². The maximum absolute atomic E-state index is 9.94. The molecule has 0 amide bonds. The molecule has 0 aliphatic carbocycles. The summed E-state index contributed by atoms with van der Waals surface area (Å²) in [4.78, 5) is 13.4. The Balaban J connectivity index is 1.58. The van der Waals surface area contributed by atoms with Crippen LogP contribution in [0.5, 0.6) is 5.75 Å². The molecule has 3 aromatic rings. The highest BCUT2D eigenvalue weighted by Crippen LogP contribution is 2.29. The van der Waals surface area contributed by atoms with Crippen LogP contribution in [0, 0.1) is 13.8 Å². The van der Waals surface area contributed by atoms with Gasteiger partial charge in [0.05, 0.1) is 13.1 Å². The fraction of sp³-hybridized carbons (Fsp3) is 0.412.